The molecule has 12 nitrogen and oxygen atoms in total. The third-order valence-corrected chi connectivity index (χ3v) is 7.94. The Hall–Kier alpha value is -4.81. The lowest BCUT2D eigenvalue weighted by Crippen LogP contribution is -2.23. The predicted octanol–water partition coefficient (Wildman–Crippen LogP) is 4.23. The Morgan fingerprint density at radius 2 is 1.13 bits per heavy atom. The molecular formula is C33H38O12. The first-order valence-electron chi connectivity index (χ1n) is 13.9. The van der Waals surface area contributed by atoms with E-state index in [1.165, 1.54) is 33.9 Å². The number of esters is 3. The molecular weight excluding hydrogens is 588 g/mol. The Morgan fingerprint density at radius 1 is 0.644 bits per heavy atom. The highest BCUT2D eigenvalue weighted by atomic mass is 16.6. The molecule has 5 N–H and O–H groups in total. The molecule has 0 aromatic heterocycles. The number of carbonyl (C=O) groups is 3. The lowest BCUT2D eigenvalue weighted by Gasteiger charge is -2.22. The maximum absolute atomic E-state index is 13.7. The van der Waals surface area contributed by atoms with Crippen molar-refractivity contribution >= 4 is 17.9 Å². The van der Waals surface area contributed by atoms with Gasteiger partial charge in [-0.15, -0.1) is 0 Å². The zero-order valence-electron chi connectivity index (χ0n) is 26.7. The Labute approximate surface area is 260 Å². The predicted molar refractivity (Wildman–Crippen MR) is 162 cm³/mol. The molecule has 0 amide bonds. The summed E-state index contributed by atoms with van der Waals surface area (Å²) in [6.07, 6.45) is -1.29. The summed E-state index contributed by atoms with van der Waals surface area (Å²) < 4.78 is 22.1. The summed E-state index contributed by atoms with van der Waals surface area (Å²) in [6, 6.07) is 1.34. The number of phenolic OH excluding ortho intramolecular Hbond substituents is 3. The van der Waals surface area contributed by atoms with Crippen LogP contribution in [0.15, 0.2) is 6.07 Å². The van der Waals surface area contributed by atoms with Crippen molar-refractivity contribution in [2.24, 2.45) is 0 Å². The molecule has 0 saturated carbocycles. The normalized spacial score (nSPS) is 11.6. The number of methoxy groups -OCH3 is 1. The molecule has 0 bridgehead atoms. The Morgan fingerprint density at radius 3 is 1.67 bits per heavy atom. The van der Waals surface area contributed by atoms with Gasteiger partial charge < -0.3 is 44.5 Å². The minimum absolute atomic E-state index is 0.00265. The summed E-state index contributed by atoms with van der Waals surface area (Å²) in [4.78, 5) is 39.6. The number of rotatable bonds is 9. The molecule has 0 aliphatic carbocycles. The second-order valence-corrected chi connectivity index (χ2v) is 10.8. The van der Waals surface area contributed by atoms with Crippen molar-refractivity contribution in [3.8, 4) is 34.5 Å². The van der Waals surface area contributed by atoms with Gasteiger partial charge in [-0.25, -0.2) is 14.4 Å². The smallest absolute Gasteiger partial charge is 0.347 e. The van der Waals surface area contributed by atoms with Gasteiger partial charge in [0.2, 0.25) is 0 Å². The number of aliphatic hydroxyl groups is 2. The van der Waals surface area contributed by atoms with Gasteiger partial charge in [0, 0.05) is 16.7 Å². The molecule has 0 aliphatic rings. The van der Waals surface area contributed by atoms with Gasteiger partial charge in [-0.2, -0.15) is 0 Å². The molecule has 1 atom stereocenters. The van der Waals surface area contributed by atoms with Crippen molar-refractivity contribution < 1.29 is 58.9 Å². The highest BCUT2D eigenvalue weighted by Crippen LogP contribution is 2.42. The molecule has 0 fully saturated rings. The van der Waals surface area contributed by atoms with E-state index in [1.807, 2.05) is 0 Å². The van der Waals surface area contributed by atoms with E-state index >= 15 is 0 Å². The van der Waals surface area contributed by atoms with Crippen molar-refractivity contribution in [3.05, 3.63) is 67.3 Å². The van der Waals surface area contributed by atoms with E-state index in [4.69, 9.17) is 24.1 Å². The Balaban J connectivity index is 2.04. The van der Waals surface area contributed by atoms with Crippen LogP contribution in [0.2, 0.25) is 0 Å². The van der Waals surface area contributed by atoms with Crippen LogP contribution in [0, 0.1) is 55.4 Å². The summed E-state index contributed by atoms with van der Waals surface area (Å²) in [5.74, 6) is -3.55. The van der Waals surface area contributed by atoms with Crippen LogP contribution in [0.4, 0.5) is 0 Å². The first kappa shape index (κ1) is 34.7. The van der Waals surface area contributed by atoms with E-state index in [2.05, 4.69) is 0 Å². The number of carbonyl (C=O) groups excluding carboxylic acids is 3. The highest BCUT2D eigenvalue weighted by molar-refractivity contribution is 6.00. The van der Waals surface area contributed by atoms with Crippen LogP contribution < -0.4 is 14.2 Å². The van der Waals surface area contributed by atoms with Crippen molar-refractivity contribution in [1.29, 1.82) is 0 Å². The molecule has 1 unspecified atom stereocenters. The largest absolute Gasteiger partial charge is 0.508 e. The molecule has 3 aromatic carbocycles. The summed E-state index contributed by atoms with van der Waals surface area (Å²) >= 11 is 0. The summed E-state index contributed by atoms with van der Waals surface area (Å²) in [6.45, 7) is 11.3. The monoisotopic (exact) mass is 626 g/mol. The first-order chi connectivity index (χ1) is 21.0. The van der Waals surface area contributed by atoms with Crippen molar-refractivity contribution in [2.75, 3.05) is 20.3 Å². The third-order valence-electron chi connectivity index (χ3n) is 7.94. The molecule has 3 aromatic rings. The highest BCUT2D eigenvalue weighted by Gasteiger charge is 2.31. The van der Waals surface area contributed by atoms with Gasteiger partial charge in [-0.3, -0.25) is 0 Å². The number of hydrogen-bond acceptors (Lipinski definition) is 12. The molecule has 242 valence electrons. The fraction of sp³-hybridized carbons (Fsp3) is 0.364. The van der Waals surface area contributed by atoms with Gasteiger partial charge in [0.05, 0.1) is 13.7 Å². The fourth-order valence-electron chi connectivity index (χ4n) is 4.99. The molecule has 0 spiro atoms. The van der Waals surface area contributed by atoms with Gasteiger partial charge in [0.15, 0.2) is 0 Å². The van der Waals surface area contributed by atoms with Crippen molar-refractivity contribution in [3.63, 3.8) is 0 Å². The van der Waals surface area contributed by atoms with Crippen LogP contribution in [-0.4, -0.2) is 69.9 Å². The maximum atomic E-state index is 13.7. The average Bonchev–Trinajstić information content (AvgIpc) is 2.99. The maximum Gasteiger partial charge on any atom is 0.347 e. The van der Waals surface area contributed by atoms with Crippen LogP contribution in [0.1, 0.15) is 75.6 Å². The average molecular weight is 627 g/mol. The second kappa shape index (κ2) is 13.4. The molecule has 0 radical (unpaired) electrons. The lowest BCUT2D eigenvalue weighted by molar-refractivity contribution is 0.00904. The van der Waals surface area contributed by atoms with Crippen molar-refractivity contribution in [2.45, 2.75) is 61.5 Å². The summed E-state index contributed by atoms with van der Waals surface area (Å²) in [7, 11) is 1.33. The fourth-order valence-corrected chi connectivity index (χ4v) is 4.99. The summed E-state index contributed by atoms with van der Waals surface area (Å²) in [5, 5.41) is 49.9. The van der Waals surface area contributed by atoms with Crippen LogP contribution in [-0.2, 0) is 4.74 Å². The molecule has 12 heteroatoms. The van der Waals surface area contributed by atoms with Gasteiger partial charge in [-0.05, 0) is 89.3 Å². The number of aliphatic hydroxyl groups excluding tert-OH is 2. The molecule has 3 rings (SSSR count). The van der Waals surface area contributed by atoms with Crippen LogP contribution in [0.3, 0.4) is 0 Å². The van der Waals surface area contributed by atoms with E-state index < -0.39 is 48.7 Å². The topological polar surface area (TPSA) is 189 Å². The lowest BCUT2D eigenvalue weighted by atomic mass is 9.95. The molecule has 45 heavy (non-hydrogen) atoms. The second-order valence-electron chi connectivity index (χ2n) is 10.8. The van der Waals surface area contributed by atoms with E-state index in [-0.39, 0.29) is 56.4 Å². The SMILES string of the molecule is COc1c(C)c(OC(=O)c2c(C)cc(O)c(C)c2O)c(C)c(C)c1C(=O)Oc1c(C)c(C)c(C(=O)OCC(O)CO)c(O)c1C. The quantitative estimate of drug-likeness (QED) is 0.168. The Bertz CT molecular complexity index is 1670. The zero-order valence-corrected chi connectivity index (χ0v) is 26.7. The Kier molecular flexibility index (Phi) is 10.4. The van der Waals surface area contributed by atoms with Crippen molar-refractivity contribution in [1.82, 2.24) is 0 Å². The van der Waals surface area contributed by atoms with Gasteiger partial charge in [-0.1, -0.05) is 0 Å². The molecule has 0 saturated heterocycles. The summed E-state index contributed by atoms with van der Waals surface area (Å²) in [5.41, 5.74) is 1.94. The minimum Gasteiger partial charge on any atom is -0.508 e. The van der Waals surface area contributed by atoms with Gasteiger partial charge in [0.1, 0.15) is 63.9 Å². The zero-order chi connectivity index (χ0) is 34.1. The number of ether oxygens (including phenoxy) is 4. The van der Waals surface area contributed by atoms with Crippen LogP contribution >= 0.6 is 0 Å². The number of benzene rings is 3. The molecule has 0 aliphatic heterocycles. The number of hydrogen-bond donors (Lipinski definition) is 5. The molecule has 0 heterocycles. The number of phenols is 3. The van der Waals surface area contributed by atoms with Crippen LogP contribution in [0.25, 0.3) is 0 Å². The standard InChI is InChI=1S/C33H38O12/c1-13-10-22(36)18(6)26(37)23(13)32(40)45-29-17(5)15(3)25(30(42-9)20(29)8)33(41)44-28-16(4)14(2)24(27(38)19(28)7)31(39)43-12-21(35)11-34/h10,21,34-38H,11-12H2,1-9H3. The van der Waals surface area contributed by atoms with E-state index in [9.17, 15) is 34.8 Å². The number of aryl methyl sites for hydroxylation is 1. The van der Waals surface area contributed by atoms with Gasteiger partial charge >= 0.3 is 17.9 Å². The van der Waals surface area contributed by atoms with E-state index in [1.54, 1.807) is 34.6 Å². The van der Waals surface area contributed by atoms with Gasteiger partial charge in [0.25, 0.3) is 0 Å². The minimum atomic E-state index is -1.29. The third kappa shape index (κ3) is 6.38. The first-order valence-corrected chi connectivity index (χ1v) is 13.9. The van der Waals surface area contributed by atoms with E-state index in [0.717, 1.165) is 0 Å². The number of aromatic hydroxyl groups is 3. The van der Waals surface area contributed by atoms with Crippen LogP contribution in [0.5, 0.6) is 34.5 Å². The van der Waals surface area contributed by atoms with E-state index in [0.29, 0.717) is 27.8 Å².